The maximum atomic E-state index is 12.5. The van der Waals surface area contributed by atoms with Crippen LogP contribution in [0.4, 0.5) is 10.8 Å². The van der Waals surface area contributed by atoms with Crippen LogP contribution in [0.5, 0.6) is 5.75 Å². The number of carbonyl (C=O) groups is 2. The predicted molar refractivity (Wildman–Crippen MR) is 99.8 cm³/mol. The normalized spacial score (nSPS) is 10.4. The molecule has 0 spiro atoms. The van der Waals surface area contributed by atoms with Gasteiger partial charge in [-0.1, -0.05) is 17.4 Å². The molecule has 2 amide bonds. The first-order chi connectivity index (χ1) is 12.5. The fraction of sp³-hybridized carbons (Fsp3) is 0.111. The number of carbonyl (C=O) groups excluding carboxylic acids is 2. The summed E-state index contributed by atoms with van der Waals surface area (Å²) in [5.41, 5.74) is 2.39. The summed E-state index contributed by atoms with van der Waals surface area (Å²) < 4.78 is 0. The Morgan fingerprint density at radius 1 is 1.08 bits per heavy atom. The first-order valence-electron chi connectivity index (χ1n) is 7.73. The Bertz CT molecular complexity index is 970. The van der Waals surface area contributed by atoms with E-state index >= 15 is 0 Å². The highest BCUT2D eigenvalue weighted by molar-refractivity contribution is 7.17. The number of phenolic OH excluding ortho intramolecular Hbond substituents is 1. The lowest BCUT2D eigenvalue weighted by molar-refractivity contribution is 0.102. The molecule has 2 heterocycles. The Labute approximate surface area is 153 Å². The smallest absolute Gasteiger partial charge is 0.267 e. The maximum absolute atomic E-state index is 12.5. The molecule has 0 aliphatic heterocycles. The molecule has 7 nitrogen and oxygen atoms in total. The number of nitrogens with zero attached hydrogens (tertiary/aromatic N) is 2. The Balaban J connectivity index is 1.73. The van der Waals surface area contributed by atoms with Crippen LogP contribution < -0.4 is 10.6 Å². The van der Waals surface area contributed by atoms with Gasteiger partial charge in [0.2, 0.25) is 0 Å². The zero-order valence-electron chi connectivity index (χ0n) is 14.1. The van der Waals surface area contributed by atoms with Gasteiger partial charge in [0.1, 0.15) is 10.6 Å². The molecular formula is C18H16N4O3S. The number of rotatable bonds is 4. The molecule has 0 fully saturated rings. The first-order valence-corrected chi connectivity index (χ1v) is 8.55. The van der Waals surface area contributed by atoms with Gasteiger partial charge in [-0.15, -0.1) is 0 Å². The Morgan fingerprint density at radius 3 is 2.62 bits per heavy atom. The average Bonchev–Trinajstić information content (AvgIpc) is 3.11. The van der Waals surface area contributed by atoms with Crippen LogP contribution in [0.25, 0.3) is 0 Å². The van der Waals surface area contributed by atoms with Crippen molar-refractivity contribution in [3.05, 3.63) is 64.4 Å². The molecular weight excluding hydrogens is 352 g/mol. The zero-order chi connectivity index (χ0) is 18.7. The SMILES string of the molecule is Cc1ccc(O)c(C)c1NC(=O)c1cnc(NC(=O)c2cccnc2)s1. The van der Waals surface area contributed by atoms with Crippen molar-refractivity contribution in [1.29, 1.82) is 0 Å². The Kier molecular flexibility index (Phi) is 4.94. The minimum Gasteiger partial charge on any atom is -0.508 e. The first kappa shape index (κ1) is 17.6. The molecule has 0 saturated heterocycles. The van der Waals surface area contributed by atoms with E-state index in [-0.39, 0.29) is 17.6 Å². The van der Waals surface area contributed by atoms with Crippen LogP contribution in [-0.2, 0) is 0 Å². The van der Waals surface area contributed by atoms with Crippen molar-refractivity contribution in [3.63, 3.8) is 0 Å². The quantitative estimate of drug-likeness (QED) is 0.655. The maximum Gasteiger partial charge on any atom is 0.267 e. The van der Waals surface area contributed by atoms with E-state index in [0.29, 0.717) is 26.8 Å². The summed E-state index contributed by atoms with van der Waals surface area (Å²) in [7, 11) is 0. The Morgan fingerprint density at radius 2 is 1.88 bits per heavy atom. The third-order valence-electron chi connectivity index (χ3n) is 3.76. The van der Waals surface area contributed by atoms with Gasteiger partial charge in [0, 0.05) is 18.0 Å². The molecule has 1 aromatic carbocycles. The summed E-state index contributed by atoms with van der Waals surface area (Å²) in [6.07, 6.45) is 4.42. The molecule has 3 aromatic rings. The number of aromatic nitrogens is 2. The minimum atomic E-state index is -0.360. The molecule has 0 unspecified atom stereocenters. The van der Waals surface area contributed by atoms with E-state index in [1.807, 2.05) is 6.92 Å². The summed E-state index contributed by atoms with van der Waals surface area (Å²) in [5, 5.41) is 15.5. The van der Waals surface area contributed by atoms with E-state index in [1.54, 1.807) is 37.4 Å². The number of hydrogen-bond donors (Lipinski definition) is 3. The summed E-state index contributed by atoms with van der Waals surface area (Å²) in [5.74, 6) is -0.597. The highest BCUT2D eigenvalue weighted by Crippen LogP contribution is 2.29. The molecule has 0 radical (unpaired) electrons. The average molecular weight is 368 g/mol. The molecule has 3 rings (SSSR count). The standard InChI is InChI=1S/C18H16N4O3S/c1-10-5-6-13(23)11(2)15(10)21-17(25)14-9-20-18(26-14)22-16(24)12-4-3-7-19-8-12/h3-9,23H,1-2H3,(H,21,25)(H,20,22,24). The topological polar surface area (TPSA) is 104 Å². The second kappa shape index (κ2) is 7.32. The molecule has 3 N–H and O–H groups in total. The molecule has 0 aliphatic carbocycles. The van der Waals surface area contributed by atoms with Gasteiger partial charge in [0.05, 0.1) is 17.4 Å². The number of anilines is 2. The van der Waals surface area contributed by atoms with Gasteiger partial charge in [-0.05, 0) is 37.6 Å². The molecule has 132 valence electrons. The van der Waals surface area contributed by atoms with E-state index < -0.39 is 0 Å². The van der Waals surface area contributed by atoms with Crippen LogP contribution in [0.1, 0.15) is 31.2 Å². The molecule has 0 atom stereocenters. The third kappa shape index (κ3) is 3.70. The molecule has 2 aromatic heterocycles. The highest BCUT2D eigenvalue weighted by Gasteiger charge is 2.16. The number of hydrogen-bond acceptors (Lipinski definition) is 6. The number of aromatic hydroxyl groups is 1. The number of thiazole rings is 1. The van der Waals surface area contributed by atoms with Crippen molar-refractivity contribution in [2.75, 3.05) is 10.6 Å². The van der Waals surface area contributed by atoms with Gasteiger partial charge < -0.3 is 10.4 Å². The molecule has 26 heavy (non-hydrogen) atoms. The van der Waals surface area contributed by atoms with Crippen LogP contribution in [0.3, 0.4) is 0 Å². The van der Waals surface area contributed by atoms with Crippen molar-refractivity contribution in [1.82, 2.24) is 9.97 Å². The van der Waals surface area contributed by atoms with Gasteiger partial charge in [-0.25, -0.2) is 4.98 Å². The lowest BCUT2D eigenvalue weighted by atomic mass is 10.1. The van der Waals surface area contributed by atoms with E-state index in [4.69, 9.17) is 0 Å². The summed E-state index contributed by atoms with van der Waals surface area (Å²) in [4.78, 5) is 32.8. The number of benzene rings is 1. The molecule has 8 heteroatoms. The van der Waals surface area contributed by atoms with Gasteiger partial charge in [-0.3, -0.25) is 19.9 Å². The minimum absolute atomic E-state index is 0.111. The van der Waals surface area contributed by atoms with Crippen LogP contribution in [0, 0.1) is 13.8 Å². The van der Waals surface area contributed by atoms with Gasteiger partial charge >= 0.3 is 0 Å². The molecule has 0 aliphatic rings. The number of phenols is 1. The summed E-state index contributed by atoms with van der Waals surface area (Å²) in [6.45, 7) is 3.57. The highest BCUT2D eigenvalue weighted by atomic mass is 32.1. The van der Waals surface area contributed by atoms with Crippen molar-refractivity contribution in [3.8, 4) is 5.75 Å². The fourth-order valence-corrected chi connectivity index (χ4v) is 3.01. The Hall–Kier alpha value is -3.26. The van der Waals surface area contributed by atoms with E-state index in [2.05, 4.69) is 20.6 Å². The van der Waals surface area contributed by atoms with Crippen LogP contribution in [-0.4, -0.2) is 26.9 Å². The summed E-state index contributed by atoms with van der Waals surface area (Å²) >= 11 is 1.06. The van der Waals surface area contributed by atoms with Gasteiger partial charge in [-0.2, -0.15) is 0 Å². The molecule has 0 saturated carbocycles. The van der Waals surface area contributed by atoms with Gasteiger partial charge in [0.25, 0.3) is 11.8 Å². The molecule has 0 bridgehead atoms. The largest absolute Gasteiger partial charge is 0.508 e. The van der Waals surface area contributed by atoms with Crippen molar-refractivity contribution in [2.45, 2.75) is 13.8 Å². The van der Waals surface area contributed by atoms with Crippen LogP contribution in [0.15, 0.2) is 42.9 Å². The van der Waals surface area contributed by atoms with Gasteiger partial charge in [0.15, 0.2) is 5.13 Å². The van der Waals surface area contributed by atoms with E-state index in [1.165, 1.54) is 12.4 Å². The second-order valence-corrected chi connectivity index (χ2v) is 6.61. The third-order valence-corrected chi connectivity index (χ3v) is 4.67. The lowest BCUT2D eigenvalue weighted by Gasteiger charge is -2.11. The predicted octanol–water partition coefficient (Wildman–Crippen LogP) is 3.37. The van der Waals surface area contributed by atoms with Crippen molar-refractivity contribution in [2.24, 2.45) is 0 Å². The fourth-order valence-electron chi connectivity index (χ4n) is 2.31. The number of amides is 2. The number of aryl methyl sites for hydroxylation is 1. The van der Waals surface area contributed by atoms with E-state index in [9.17, 15) is 14.7 Å². The van der Waals surface area contributed by atoms with Crippen LogP contribution >= 0.6 is 11.3 Å². The summed E-state index contributed by atoms with van der Waals surface area (Å²) in [6, 6.07) is 6.61. The van der Waals surface area contributed by atoms with Crippen LogP contribution in [0.2, 0.25) is 0 Å². The zero-order valence-corrected chi connectivity index (χ0v) is 14.9. The van der Waals surface area contributed by atoms with E-state index in [0.717, 1.165) is 16.9 Å². The number of nitrogens with one attached hydrogen (secondary N) is 2. The monoisotopic (exact) mass is 368 g/mol. The number of pyridine rings is 1. The lowest BCUT2D eigenvalue weighted by Crippen LogP contribution is -2.12. The second-order valence-electron chi connectivity index (χ2n) is 5.58. The van der Waals surface area contributed by atoms with Crippen molar-refractivity contribution >= 4 is 34.0 Å². The van der Waals surface area contributed by atoms with Crippen molar-refractivity contribution < 1.29 is 14.7 Å².